The average molecular weight is 301 g/mol. The summed E-state index contributed by atoms with van der Waals surface area (Å²) in [7, 11) is 0. The highest BCUT2D eigenvalue weighted by Crippen LogP contribution is 2.19. The van der Waals surface area contributed by atoms with Gasteiger partial charge < -0.3 is 4.74 Å². The Morgan fingerprint density at radius 3 is 2.57 bits per heavy atom. The van der Waals surface area contributed by atoms with E-state index >= 15 is 0 Å². The Labute approximate surface area is 126 Å². The van der Waals surface area contributed by atoms with Crippen LogP contribution in [0.3, 0.4) is 0 Å². The average Bonchev–Trinajstić information content (AvgIpc) is 2.49. The first-order chi connectivity index (χ1) is 10.2. The number of hydrogen-bond donors (Lipinski definition) is 0. The van der Waals surface area contributed by atoms with E-state index in [0.717, 1.165) is 0 Å². The lowest BCUT2D eigenvalue weighted by atomic mass is 10.2. The normalized spacial score (nSPS) is 10.8. The number of halogens is 1. The molecule has 0 bridgehead atoms. The van der Waals surface area contributed by atoms with Gasteiger partial charge in [-0.2, -0.15) is 4.98 Å². The Morgan fingerprint density at radius 1 is 1.14 bits per heavy atom. The maximum Gasteiger partial charge on any atom is 0.304 e. The SMILES string of the molecule is CCOc1nc2ccccc2c(=O)n1-c1ccc(Cl)cc1. The predicted molar refractivity (Wildman–Crippen MR) is 83.5 cm³/mol. The summed E-state index contributed by atoms with van der Waals surface area (Å²) in [5.74, 6) is 0. The molecule has 3 rings (SSSR count). The van der Waals surface area contributed by atoms with Crippen LogP contribution in [0.15, 0.2) is 53.3 Å². The molecule has 0 aliphatic carbocycles. The number of ether oxygens (including phenoxy) is 1. The molecule has 2 aromatic carbocycles. The smallest absolute Gasteiger partial charge is 0.304 e. The molecule has 0 saturated carbocycles. The van der Waals surface area contributed by atoms with Crippen LogP contribution < -0.4 is 10.3 Å². The Morgan fingerprint density at radius 2 is 1.86 bits per heavy atom. The van der Waals surface area contributed by atoms with E-state index in [4.69, 9.17) is 16.3 Å². The van der Waals surface area contributed by atoms with Crippen LogP contribution in [0.5, 0.6) is 6.01 Å². The number of hydrogen-bond acceptors (Lipinski definition) is 3. The summed E-state index contributed by atoms with van der Waals surface area (Å²) in [5.41, 5.74) is 1.13. The van der Waals surface area contributed by atoms with Gasteiger partial charge in [-0.15, -0.1) is 0 Å². The molecule has 0 unspecified atom stereocenters. The van der Waals surface area contributed by atoms with Gasteiger partial charge in [-0.3, -0.25) is 4.79 Å². The van der Waals surface area contributed by atoms with Crippen LogP contribution in [0.4, 0.5) is 0 Å². The number of aromatic nitrogens is 2. The molecule has 4 nitrogen and oxygen atoms in total. The Balaban J connectivity index is 2.33. The van der Waals surface area contributed by atoms with Gasteiger partial charge in [-0.1, -0.05) is 23.7 Å². The first-order valence-electron chi connectivity index (χ1n) is 6.61. The molecule has 0 fully saturated rings. The van der Waals surface area contributed by atoms with Gasteiger partial charge in [0.15, 0.2) is 0 Å². The fraction of sp³-hybridized carbons (Fsp3) is 0.125. The largest absolute Gasteiger partial charge is 0.465 e. The van der Waals surface area contributed by atoms with Crippen molar-refractivity contribution < 1.29 is 4.74 Å². The van der Waals surface area contributed by atoms with Crippen molar-refractivity contribution >= 4 is 22.5 Å². The van der Waals surface area contributed by atoms with Gasteiger partial charge in [0.1, 0.15) is 0 Å². The molecule has 21 heavy (non-hydrogen) atoms. The van der Waals surface area contributed by atoms with Crippen molar-refractivity contribution in [2.24, 2.45) is 0 Å². The lowest BCUT2D eigenvalue weighted by molar-refractivity contribution is 0.304. The highest BCUT2D eigenvalue weighted by molar-refractivity contribution is 6.30. The van der Waals surface area contributed by atoms with Crippen molar-refractivity contribution in [3.8, 4) is 11.7 Å². The minimum Gasteiger partial charge on any atom is -0.465 e. The molecule has 0 radical (unpaired) electrons. The number of rotatable bonds is 3. The van der Waals surface area contributed by atoms with Crippen LogP contribution in [0.2, 0.25) is 5.02 Å². The molecular formula is C16H13ClN2O2. The fourth-order valence-corrected chi connectivity index (χ4v) is 2.28. The standard InChI is InChI=1S/C16H13ClN2O2/c1-2-21-16-18-14-6-4-3-5-13(14)15(20)19(16)12-9-7-11(17)8-10-12/h3-10H,2H2,1H3. The molecule has 0 N–H and O–H groups in total. The Hall–Kier alpha value is -2.33. The van der Waals surface area contributed by atoms with Crippen LogP contribution in [0, 0.1) is 0 Å². The van der Waals surface area contributed by atoms with Crippen LogP contribution in [-0.2, 0) is 0 Å². The third-order valence-corrected chi connectivity index (χ3v) is 3.36. The first-order valence-corrected chi connectivity index (χ1v) is 6.99. The molecule has 106 valence electrons. The van der Waals surface area contributed by atoms with Crippen LogP contribution in [0.25, 0.3) is 16.6 Å². The molecule has 0 aliphatic heterocycles. The fourth-order valence-electron chi connectivity index (χ4n) is 2.16. The lowest BCUT2D eigenvalue weighted by Crippen LogP contribution is -2.22. The third kappa shape index (κ3) is 2.50. The molecule has 1 heterocycles. The molecule has 1 aromatic heterocycles. The van der Waals surface area contributed by atoms with Crippen LogP contribution in [0.1, 0.15) is 6.92 Å². The molecule has 5 heteroatoms. The van der Waals surface area contributed by atoms with Crippen molar-refractivity contribution in [3.05, 3.63) is 63.9 Å². The lowest BCUT2D eigenvalue weighted by Gasteiger charge is -2.13. The summed E-state index contributed by atoms with van der Waals surface area (Å²) in [6.07, 6.45) is 0. The molecular weight excluding hydrogens is 288 g/mol. The highest BCUT2D eigenvalue weighted by atomic mass is 35.5. The second-order valence-corrected chi connectivity index (χ2v) is 4.90. The van der Waals surface area contributed by atoms with E-state index in [2.05, 4.69) is 4.98 Å². The quantitative estimate of drug-likeness (QED) is 0.744. The van der Waals surface area contributed by atoms with Crippen molar-refractivity contribution in [2.75, 3.05) is 6.61 Å². The van der Waals surface area contributed by atoms with Gasteiger partial charge >= 0.3 is 6.01 Å². The monoisotopic (exact) mass is 300 g/mol. The van der Waals surface area contributed by atoms with Gasteiger partial charge in [-0.05, 0) is 43.3 Å². The maximum absolute atomic E-state index is 12.7. The van der Waals surface area contributed by atoms with Crippen molar-refractivity contribution in [2.45, 2.75) is 6.92 Å². The molecule has 0 atom stereocenters. The highest BCUT2D eigenvalue weighted by Gasteiger charge is 2.13. The van der Waals surface area contributed by atoms with Gasteiger partial charge in [-0.25, -0.2) is 4.57 Å². The number of para-hydroxylation sites is 1. The molecule has 0 amide bonds. The van der Waals surface area contributed by atoms with Crippen molar-refractivity contribution in [1.29, 1.82) is 0 Å². The Kier molecular flexibility index (Phi) is 3.62. The third-order valence-electron chi connectivity index (χ3n) is 3.10. The van der Waals surface area contributed by atoms with Crippen molar-refractivity contribution in [3.63, 3.8) is 0 Å². The van der Waals surface area contributed by atoms with Gasteiger partial charge in [0.05, 0.1) is 23.2 Å². The number of nitrogens with zero attached hydrogens (tertiary/aromatic N) is 2. The Bertz CT molecular complexity index is 841. The second kappa shape index (κ2) is 5.58. The van der Waals surface area contributed by atoms with E-state index in [1.807, 2.05) is 19.1 Å². The summed E-state index contributed by atoms with van der Waals surface area (Å²) in [6.45, 7) is 2.28. The number of benzene rings is 2. The van der Waals surface area contributed by atoms with E-state index in [0.29, 0.717) is 28.2 Å². The zero-order valence-electron chi connectivity index (χ0n) is 11.4. The van der Waals surface area contributed by atoms with Gasteiger partial charge in [0, 0.05) is 5.02 Å². The van der Waals surface area contributed by atoms with E-state index in [1.54, 1.807) is 36.4 Å². The minimum atomic E-state index is -0.161. The summed E-state index contributed by atoms with van der Waals surface area (Å²) in [4.78, 5) is 17.2. The van der Waals surface area contributed by atoms with Crippen LogP contribution >= 0.6 is 11.6 Å². The summed E-state index contributed by atoms with van der Waals surface area (Å²) < 4.78 is 6.99. The van der Waals surface area contributed by atoms with E-state index in [-0.39, 0.29) is 11.6 Å². The van der Waals surface area contributed by atoms with E-state index in [9.17, 15) is 4.79 Å². The zero-order valence-corrected chi connectivity index (χ0v) is 12.2. The van der Waals surface area contributed by atoms with Gasteiger partial charge in [0.25, 0.3) is 5.56 Å². The molecule has 0 saturated heterocycles. The van der Waals surface area contributed by atoms with Gasteiger partial charge in [0.2, 0.25) is 0 Å². The summed E-state index contributed by atoms with van der Waals surface area (Å²) in [5, 5.41) is 1.16. The second-order valence-electron chi connectivity index (χ2n) is 4.46. The summed E-state index contributed by atoms with van der Waals surface area (Å²) in [6, 6.07) is 14.5. The molecule has 3 aromatic rings. The van der Waals surface area contributed by atoms with Crippen LogP contribution in [-0.4, -0.2) is 16.2 Å². The predicted octanol–water partition coefficient (Wildman–Crippen LogP) is 3.44. The molecule has 0 spiro atoms. The van der Waals surface area contributed by atoms with E-state index in [1.165, 1.54) is 4.57 Å². The van der Waals surface area contributed by atoms with Crippen molar-refractivity contribution in [1.82, 2.24) is 9.55 Å². The zero-order chi connectivity index (χ0) is 14.8. The van der Waals surface area contributed by atoms with E-state index < -0.39 is 0 Å². The number of fused-ring (bicyclic) bond motifs is 1. The summed E-state index contributed by atoms with van der Waals surface area (Å²) >= 11 is 5.90. The molecule has 0 aliphatic rings. The minimum absolute atomic E-state index is 0.161. The topological polar surface area (TPSA) is 44.1 Å². The maximum atomic E-state index is 12.7. The first kappa shape index (κ1) is 13.6.